The molecule has 1 aliphatic heterocycles. The third-order valence-electron chi connectivity index (χ3n) is 4.69. The van der Waals surface area contributed by atoms with E-state index in [4.69, 9.17) is 4.84 Å². The van der Waals surface area contributed by atoms with Crippen LogP contribution in [0.3, 0.4) is 0 Å². The first-order chi connectivity index (χ1) is 13.0. The van der Waals surface area contributed by atoms with Crippen LogP contribution in [0.1, 0.15) is 29.3 Å². The molecule has 1 unspecified atom stereocenters. The number of thiophene rings is 1. The molecule has 2 nitrogen and oxygen atoms in total. The standard InChI is InChI=1S/C21H19F2NOS2/c1-13-20(14-6-3-4-9-19(14)27-13)18-10-21(2,25-24-18)12-26-11-15-16(22)7-5-8-17(15)23/h3-9H,10-12H2,1-2H3. The molecule has 2 aromatic carbocycles. The molecule has 3 aromatic rings. The molecule has 1 aromatic heterocycles. The summed E-state index contributed by atoms with van der Waals surface area (Å²) in [7, 11) is 0. The minimum Gasteiger partial charge on any atom is -0.388 e. The van der Waals surface area contributed by atoms with Gasteiger partial charge in [-0.1, -0.05) is 29.4 Å². The topological polar surface area (TPSA) is 21.6 Å². The number of halogens is 2. The first-order valence-corrected chi connectivity index (χ1v) is 10.7. The second-order valence-electron chi connectivity index (χ2n) is 6.98. The van der Waals surface area contributed by atoms with E-state index in [2.05, 4.69) is 24.2 Å². The molecule has 0 bridgehead atoms. The molecular formula is C21H19F2NOS2. The Bertz CT molecular complexity index is 1010. The fourth-order valence-electron chi connectivity index (χ4n) is 3.36. The van der Waals surface area contributed by atoms with Gasteiger partial charge in [-0.25, -0.2) is 8.78 Å². The van der Waals surface area contributed by atoms with E-state index >= 15 is 0 Å². The van der Waals surface area contributed by atoms with Crippen molar-refractivity contribution in [3.63, 3.8) is 0 Å². The molecule has 27 heavy (non-hydrogen) atoms. The van der Waals surface area contributed by atoms with Crippen LogP contribution in [0.4, 0.5) is 8.78 Å². The lowest BCUT2D eigenvalue weighted by Crippen LogP contribution is -2.28. The maximum Gasteiger partial charge on any atom is 0.149 e. The van der Waals surface area contributed by atoms with E-state index in [-0.39, 0.29) is 11.3 Å². The minimum atomic E-state index is -0.502. The lowest BCUT2D eigenvalue weighted by atomic mass is 9.96. The maximum absolute atomic E-state index is 13.8. The summed E-state index contributed by atoms with van der Waals surface area (Å²) in [4.78, 5) is 6.99. The van der Waals surface area contributed by atoms with Gasteiger partial charge in [-0.3, -0.25) is 0 Å². The van der Waals surface area contributed by atoms with Crippen LogP contribution in [-0.2, 0) is 10.6 Å². The van der Waals surface area contributed by atoms with Gasteiger partial charge in [-0.15, -0.1) is 11.3 Å². The van der Waals surface area contributed by atoms with Crippen molar-refractivity contribution >= 4 is 38.9 Å². The minimum absolute atomic E-state index is 0.116. The van der Waals surface area contributed by atoms with Gasteiger partial charge in [0.05, 0.1) is 5.71 Å². The number of thioether (sulfide) groups is 1. The molecule has 0 spiro atoms. The fraction of sp³-hybridized carbons (Fsp3) is 0.286. The Kier molecular flexibility index (Phi) is 4.95. The molecule has 1 aliphatic rings. The highest BCUT2D eigenvalue weighted by atomic mass is 32.2. The number of fused-ring (bicyclic) bond motifs is 1. The van der Waals surface area contributed by atoms with Gasteiger partial charge in [-0.2, -0.15) is 11.8 Å². The van der Waals surface area contributed by atoms with Gasteiger partial charge in [0.25, 0.3) is 0 Å². The zero-order chi connectivity index (χ0) is 19.0. The van der Waals surface area contributed by atoms with Crippen LogP contribution >= 0.6 is 23.1 Å². The van der Waals surface area contributed by atoms with Crippen LogP contribution in [0.2, 0.25) is 0 Å². The SMILES string of the molecule is Cc1sc2ccccc2c1C1=NOC(C)(CSCc2c(F)cccc2F)C1. The lowest BCUT2D eigenvalue weighted by Gasteiger charge is -2.21. The highest BCUT2D eigenvalue weighted by Crippen LogP contribution is 2.37. The summed E-state index contributed by atoms with van der Waals surface area (Å²) in [5, 5.41) is 5.57. The summed E-state index contributed by atoms with van der Waals surface area (Å²) in [6.07, 6.45) is 0.682. The second kappa shape index (κ2) is 7.24. The van der Waals surface area contributed by atoms with E-state index in [1.165, 1.54) is 44.9 Å². The highest BCUT2D eigenvalue weighted by Gasteiger charge is 2.36. The molecule has 0 saturated heterocycles. The van der Waals surface area contributed by atoms with E-state index in [1.807, 2.05) is 19.1 Å². The number of rotatable bonds is 5. The Morgan fingerprint density at radius 3 is 2.67 bits per heavy atom. The lowest BCUT2D eigenvalue weighted by molar-refractivity contribution is 0.0163. The smallest absolute Gasteiger partial charge is 0.149 e. The summed E-state index contributed by atoms with van der Waals surface area (Å²) in [6, 6.07) is 12.3. The number of hydrogen-bond donors (Lipinski definition) is 0. The van der Waals surface area contributed by atoms with Crippen LogP contribution in [0.15, 0.2) is 47.6 Å². The molecule has 0 aliphatic carbocycles. The number of hydrogen-bond acceptors (Lipinski definition) is 4. The molecule has 0 saturated carbocycles. The fourth-order valence-corrected chi connectivity index (χ4v) is 5.62. The van der Waals surface area contributed by atoms with Gasteiger partial charge in [0.1, 0.15) is 17.2 Å². The van der Waals surface area contributed by atoms with E-state index in [9.17, 15) is 8.78 Å². The molecule has 140 valence electrons. The van der Waals surface area contributed by atoms with Crippen molar-refractivity contribution in [2.45, 2.75) is 31.6 Å². The zero-order valence-corrected chi connectivity index (χ0v) is 16.7. The summed E-state index contributed by atoms with van der Waals surface area (Å²) in [5.74, 6) is -0.128. The monoisotopic (exact) mass is 403 g/mol. The quantitative estimate of drug-likeness (QED) is 0.498. The van der Waals surface area contributed by atoms with Crippen LogP contribution < -0.4 is 0 Å². The number of nitrogens with zero attached hydrogens (tertiary/aromatic N) is 1. The van der Waals surface area contributed by atoms with Crippen LogP contribution in [0.25, 0.3) is 10.1 Å². The Morgan fingerprint density at radius 2 is 1.89 bits per heavy atom. The Balaban J connectivity index is 1.45. The molecule has 0 N–H and O–H groups in total. The average molecular weight is 404 g/mol. The van der Waals surface area contributed by atoms with E-state index < -0.39 is 17.2 Å². The predicted molar refractivity (Wildman–Crippen MR) is 110 cm³/mol. The molecule has 4 rings (SSSR count). The summed E-state index contributed by atoms with van der Waals surface area (Å²) in [6.45, 7) is 4.10. The van der Waals surface area contributed by atoms with Crippen LogP contribution in [-0.4, -0.2) is 17.1 Å². The molecule has 0 radical (unpaired) electrons. The number of aryl methyl sites for hydroxylation is 1. The van der Waals surface area contributed by atoms with Crippen molar-refractivity contribution in [2.75, 3.05) is 5.75 Å². The number of oxime groups is 1. The second-order valence-corrected chi connectivity index (χ2v) is 9.22. The molecule has 2 heterocycles. The molecule has 0 fully saturated rings. The van der Waals surface area contributed by atoms with E-state index in [0.717, 1.165) is 11.3 Å². The van der Waals surface area contributed by atoms with Crippen LogP contribution in [0.5, 0.6) is 0 Å². The Labute approximate surface area is 165 Å². The zero-order valence-electron chi connectivity index (χ0n) is 15.1. The maximum atomic E-state index is 13.8. The molecule has 0 amide bonds. The average Bonchev–Trinajstić information content (AvgIpc) is 3.17. The van der Waals surface area contributed by atoms with Crippen molar-refractivity contribution in [1.82, 2.24) is 0 Å². The van der Waals surface area contributed by atoms with E-state index in [1.54, 1.807) is 11.3 Å². The largest absolute Gasteiger partial charge is 0.388 e. The van der Waals surface area contributed by atoms with Gasteiger partial charge in [0.15, 0.2) is 0 Å². The third-order valence-corrected chi connectivity index (χ3v) is 7.09. The van der Waals surface area contributed by atoms with Gasteiger partial charge >= 0.3 is 0 Å². The normalized spacial score (nSPS) is 19.3. The Morgan fingerprint density at radius 1 is 1.15 bits per heavy atom. The van der Waals surface area contributed by atoms with Crippen molar-refractivity contribution in [3.8, 4) is 0 Å². The first kappa shape index (κ1) is 18.4. The highest BCUT2D eigenvalue weighted by molar-refractivity contribution is 7.98. The third kappa shape index (κ3) is 3.60. The van der Waals surface area contributed by atoms with Crippen molar-refractivity contribution in [2.24, 2.45) is 5.16 Å². The molecule has 1 atom stereocenters. The predicted octanol–water partition coefficient (Wildman–Crippen LogP) is 6.30. The van der Waals surface area contributed by atoms with Crippen molar-refractivity contribution < 1.29 is 13.6 Å². The van der Waals surface area contributed by atoms with Gasteiger partial charge < -0.3 is 4.84 Å². The molecular weight excluding hydrogens is 384 g/mol. The summed E-state index contributed by atoms with van der Waals surface area (Å²) < 4.78 is 28.8. The summed E-state index contributed by atoms with van der Waals surface area (Å²) >= 11 is 3.22. The van der Waals surface area contributed by atoms with Gasteiger partial charge in [0, 0.05) is 44.0 Å². The van der Waals surface area contributed by atoms with Crippen molar-refractivity contribution in [1.29, 1.82) is 0 Å². The molecule has 6 heteroatoms. The van der Waals surface area contributed by atoms with E-state index in [0.29, 0.717) is 12.2 Å². The first-order valence-electron chi connectivity index (χ1n) is 8.71. The van der Waals surface area contributed by atoms with Gasteiger partial charge in [-0.05, 0) is 32.0 Å². The van der Waals surface area contributed by atoms with Crippen LogP contribution in [0, 0.1) is 18.6 Å². The Hall–Kier alpha value is -1.92. The van der Waals surface area contributed by atoms with Gasteiger partial charge in [0.2, 0.25) is 0 Å². The number of benzene rings is 2. The van der Waals surface area contributed by atoms with Crippen molar-refractivity contribution in [3.05, 3.63) is 70.1 Å². The summed E-state index contributed by atoms with van der Waals surface area (Å²) in [5.41, 5.74) is 1.75.